The van der Waals surface area contributed by atoms with Gasteiger partial charge in [-0.1, -0.05) is 36.4 Å². The molecule has 0 bridgehead atoms. The number of aldehydes is 1. The van der Waals surface area contributed by atoms with Crippen LogP contribution in [0.1, 0.15) is 12.5 Å². The Labute approximate surface area is 147 Å². The van der Waals surface area contributed by atoms with Crippen molar-refractivity contribution in [3.63, 3.8) is 0 Å². The highest BCUT2D eigenvalue weighted by Crippen LogP contribution is 2.36. The molecule has 0 N–H and O–H groups in total. The van der Waals surface area contributed by atoms with Gasteiger partial charge in [0, 0.05) is 11.8 Å². The van der Waals surface area contributed by atoms with Gasteiger partial charge in [0.2, 0.25) is 0 Å². The number of rotatable bonds is 6. The van der Waals surface area contributed by atoms with Crippen molar-refractivity contribution in [2.45, 2.75) is 25.1 Å². The summed E-state index contributed by atoms with van der Waals surface area (Å²) in [5, 5.41) is 0. The van der Waals surface area contributed by atoms with Crippen molar-refractivity contribution in [2.24, 2.45) is 0 Å². The summed E-state index contributed by atoms with van der Waals surface area (Å²) in [6, 6.07) is 17.1. The Morgan fingerprint density at radius 1 is 1.28 bits per heavy atom. The summed E-state index contributed by atoms with van der Waals surface area (Å²) in [6.07, 6.45) is 1.26. The smallest absolute Gasteiger partial charge is 0.258 e. The summed E-state index contributed by atoms with van der Waals surface area (Å²) < 4.78 is 11.0. The highest BCUT2D eigenvalue weighted by molar-refractivity contribution is 6.04. The molecule has 0 radical (unpaired) electrons. The molecule has 0 aliphatic carbocycles. The molecule has 25 heavy (non-hydrogen) atoms. The molecule has 1 saturated heterocycles. The van der Waals surface area contributed by atoms with Gasteiger partial charge in [0.25, 0.3) is 5.72 Å². The number of benzene rings is 2. The first-order chi connectivity index (χ1) is 12.1. The van der Waals surface area contributed by atoms with Gasteiger partial charge in [-0.05, 0) is 31.0 Å². The molecule has 2 atom stereocenters. The van der Waals surface area contributed by atoms with Gasteiger partial charge < -0.3 is 14.4 Å². The SMILES string of the molecule is COc1cccc(N2[C@@H](Cc3ccccc3)COC2(C=O)C(C)=O)c1. The Bertz CT molecular complexity index is 761. The van der Waals surface area contributed by atoms with Gasteiger partial charge in [0.05, 0.1) is 19.8 Å². The van der Waals surface area contributed by atoms with Gasteiger partial charge in [-0.2, -0.15) is 0 Å². The molecule has 1 unspecified atom stereocenters. The van der Waals surface area contributed by atoms with E-state index in [4.69, 9.17) is 9.47 Å². The van der Waals surface area contributed by atoms with Crippen molar-refractivity contribution in [1.29, 1.82) is 0 Å². The highest BCUT2D eigenvalue weighted by Gasteiger charge is 2.51. The number of ether oxygens (including phenoxy) is 2. The van der Waals surface area contributed by atoms with Crippen LogP contribution in [0.5, 0.6) is 5.75 Å². The van der Waals surface area contributed by atoms with E-state index < -0.39 is 5.72 Å². The van der Waals surface area contributed by atoms with Crippen LogP contribution >= 0.6 is 0 Å². The molecule has 5 nitrogen and oxygen atoms in total. The van der Waals surface area contributed by atoms with Gasteiger partial charge in [-0.25, -0.2) is 0 Å². The Morgan fingerprint density at radius 3 is 2.68 bits per heavy atom. The van der Waals surface area contributed by atoms with Gasteiger partial charge in [-0.3, -0.25) is 9.59 Å². The predicted molar refractivity (Wildman–Crippen MR) is 94.8 cm³/mol. The molecule has 0 amide bonds. The van der Waals surface area contributed by atoms with E-state index in [1.165, 1.54) is 6.92 Å². The molecular weight excluding hydrogens is 318 g/mol. The van der Waals surface area contributed by atoms with Gasteiger partial charge >= 0.3 is 0 Å². The zero-order valence-electron chi connectivity index (χ0n) is 14.3. The lowest BCUT2D eigenvalue weighted by Gasteiger charge is -2.35. The summed E-state index contributed by atoms with van der Waals surface area (Å²) >= 11 is 0. The molecule has 0 spiro atoms. The molecule has 130 valence electrons. The van der Waals surface area contributed by atoms with Crippen LogP contribution < -0.4 is 9.64 Å². The molecule has 1 aliphatic heterocycles. The average molecular weight is 339 g/mol. The largest absolute Gasteiger partial charge is 0.497 e. The number of hydrogen-bond donors (Lipinski definition) is 0. The number of anilines is 1. The first-order valence-corrected chi connectivity index (χ1v) is 8.19. The Hall–Kier alpha value is -2.66. The molecule has 3 rings (SSSR count). The number of hydrogen-bond acceptors (Lipinski definition) is 5. The first kappa shape index (κ1) is 17.2. The van der Waals surface area contributed by atoms with Crippen LogP contribution in [-0.4, -0.2) is 37.6 Å². The van der Waals surface area contributed by atoms with Gasteiger partial charge in [-0.15, -0.1) is 0 Å². The molecule has 2 aromatic carbocycles. The monoisotopic (exact) mass is 339 g/mol. The minimum absolute atomic E-state index is 0.136. The second kappa shape index (κ2) is 7.07. The van der Waals surface area contributed by atoms with Gasteiger partial charge in [0.15, 0.2) is 12.1 Å². The van der Waals surface area contributed by atoms with E-state index >= 15 is 0 Å². The third-order valence-corrected chi connectivity index (χ3v) is 4.53. The van der Waals surface area contributed by atoms with E-state index in [1.54, 1.807) is 12.0 Å². The second-order valence-electron chi connectivity index (χ2n) is 6.10. The average Bonchev–Trinajstić information content (AvgIpc) is 3.02. The summed E-state index contributed by atoms with van der Waals surface area (Å²) in [5.41, 5.74) is 0.251. The molecule has 1 fully saturated rings. The van der Waals surface area contributed by atoms with Crippen molar-refractivity contribution in [2.75, 3.05) is 18.6 Å². The number of nitrogens with zero attached hydrogens (tertiary/aromatic N) is 1. The van der Waals surface area contributed by atoms with E-state index in [9.17, 15) is 9.59 Å². The fourth-order valence-electron chi connectivity index (χ4n) is 3.28. The first-order valence-electron chi connectivity index (χ1n) is 8.19. The van der Waals surface area contributed by atoms with E-state index in [2.05, 4.69) is 0 Å². The zero-order chi connectivity index (χ0) is 17.9. The van der Waals surface area contributed by atoms with Crippen LogP contribution in [0, 0.1) is 0 Å². The fourth-order valence-corrected chi connectivity index (χ4v) is 3.28. The zero-order valence-corrected chi connectivity index (χ0v) is 14.3. The van der Waals surface area contributed by atoms with Crippen molar-refractivity contribution in [1.82, 2.24) is 0 Å². The summed E-state index contributed by atoms with van der Waals surface area (Å²) in [7, 11) is 1.58. The molecule has 1 aliphatic rings. The van der Waals surface area contributed by atoms with E-state index in [0.29, 0.717) is 25.1 Å². The predicted octanol–water partition coefficient (Wildman–Crippen LogP) is 2.63. The normalized spacial score (nSPS) is 22.6. The fraction of sp³-hybridized carbons (Fsp3) is 0.300. The minimum Gasteiger partial charge on any atom is -0.497 e. The maximum Gasteiger partial charge on any atom is 0.258 e. The van der Waals surface area contributed by atoms with Crippen molar-refractivity contribution < 1.29 is 19.1 Å². The minimum atomic E-state index is -1.59. The lowest BCUT2D eigenvalue weighted by Crippen LogP contribution is -2.55. The number of Topliss-reactive ketones (excluding diaryl/α,β-unsaturated/α-hetero) is 1. The highest BCUT2D eigenvalue weighted by atomic mass is 16.5. The van der Waals surface area contributed by atoms with Crippen LogP contribution in [0.15, 0.2) is 54.6 Å². The molecular formula is C20H21NO4. The number of carbonyl (C=O) groups excluding carboxylic acids is 2. The van der Waals surface area contributed by atoms with E-state index in [-0.39, 0.29) is 11.8 Å². The topological polar surface area (TPSA) is 55.8 Å². The Morgan fingerprint density at radius 2 is 2.04 bits per heavy atom. The molecule has 5 heteroatoms. The lowest BCUT2D eigenvalue weighted by atomic mass is 10.0. The number of carbonyl (C=O) groups is 2. The summed E-state index contributed by atoms with van der Waals surface area (Å²) in [5.74, 6) is 0.326. The van der Waals surface area contributed by atoms with Crippen molar-refractivity contribution in [3.8, 4) is 5.75 Å². The van der Waals surface area contributed by atoms with Crippen LogP contribution in [0.4, 0.5) is 5.69 Å². The van der Waals surface area contributed by atoms with Crippen molar-refractivity contribution in [3.05, 3.63) is 60.2 Å². The van der Waals surface area contributed by atoms with E-state index in [0.717, 1.165) is 11.3 Å². The molecule has 0 saturated carbocycles. The maximum absolute atomic E-state index is 12.3. The Balaban J connectivity index is 2.03. The van der Waals surface area contributed by atoms with Crippen molar-refractivity contribution >= 4 is 17.8 Å². The summed E-state index contributed by atoms with van der Waals surface area (Å²) in [6.45, 7) is 1.68. The van der Waals surface area contributed by atoms with Crippen LogP contribution in [0.2, 0.25) is 0 Å². The number of methoxy groups -OCH3 is 1. The molecule has 1 heterocycles. The maximum atomic E-state index is 12.3. The lowest BCUT2D eigenvalue weighted by molar-refractivity contribution is -0.143. The van der Waals surface area contributed by atoms with Gasteiger partial charge in [0.1, 0.15) is 5.75 Å². The number of ketones is 1. The summed E-state index contributed by atoms with van der Waals surface area (Å²) in [4.78, 5) is 26.0. The van der Waals surface area contributed by atoms with E-state index in [1.807, 2.05) is 54.6 Å². The van der Waals surface area contributed by atoms with Crippen LogP contribution in [0.25, 0.3) is 0 Å². The van der Waals surface area contributed by atoms with Crippen LogP contribution in [0.3, 0.4) is 0 Å². The molecule has 2 aromatic rings. The quantitative estimate of drug-likeness (QED) is 0.598. The second-order valence-corrected chi connectivity index (χ2v) is 6.10. The third kappa shape index (κ3) is 3.15. The third-order valence-electron chi connectivity index (χ3n) is 4.53. The van der Waals surface area contributed by atoms with Crippen LogP contribution in [-0.2, 0) is 20.7 Å². The standard InChI is InChI=1S/C20H21NO4/c1-15(23)20(14-22)21(17-9-6-10-19(12-17)24-2)18(13-25-20)11-16-7-4-3-5-8-16/h3-10,12,14,18H,11,13H2,1-2H3/t18-,20?/m0/s1. The Kier molecular flexibility index (Phi) is 4.86. The molecule has 0 aromatic heterocycles.